The van der Waals surface area contributed by atoms with E-state index in [1.807, 2.05) is 0 Å². The van der Waals surface area contributed by atoms with E-state index in [1.54, 1.807) is 0 Å². The van der Waals surface area contributed by atoms with Crippen LogP contribution in [0.15, 0.2) is 22.2 Å². The fourth-order valence-electron chi connectivity index (χ4n) is 3.73. The first-order chi connectivity index (χ1) is 12.1. The summed E-state index contributed by atoms with van der Waals surface area (Å²) < 4.78 is 23.4. The average molecular weight is 401 g/mol. The normalized spacial score (nSPS) is 32.7. The number of nitrogens with one attached hydrogen (secondary N) is 1. The van der Waals surface area contributed by atoms with Gasteiger partial charge in [-0.25, -0.2) is 8.42 Å². The van der Waals surface area contributed by atoms with Gasteiger partial charge in [-0.15, -0.1) is 0 Å². The highest BCUT2D eigenvalue weighted by atomic mass is 32.2. The van der Waals surface area contributed by atoms with Gasteiger partial charge in [0.1, 0.15) is 0 Å². The molecule has 0 saturated carbocycles. The third-order valence-corrected chi connectivity index (χ3v) is 7.46. The van der Waals surface area contributed by atoms with Crippen molar-refractivity contribution in [2.75, 3.05) is 11.5 Å². The largest absolute Gasteiger partial charge is 0.543 e. The standard InChI is InChI=1S/C15H18N2O7S2/c1-8(18)16-3-4-25-10-6-9-11(13(19)17(9)12(10)14(20)21)15(22)2-5-26(23,24)7-15/h3-4,9,11,22H,2,5-7H2,1H3,(H,16,18)(H,20,21)/p-1/b4-3+/t9-,11+,15?/m1/s1. The van der Waals surface area contributed by atoms with Crippen LogP contribution in [0.1, 0.15) is 19.8 Å². The summed E-state index contributed by atoms with van der Waals surface area (Å²) in [4.78, 5) is 36.2. The van der Waals surface area contributed by atoms with Crippen molar-refractivity contribution >= 4 is 39.4 Å². The molecule has 0 radical (unpaired) electrons. The second kappa shape index (κ2) is 6.39. The van der Waals surface area contributed by atoms with E-state index in [4.69, 9.17) is 0 Å². The number of rotatable bonds is 5. The molecule has 26 heavy (non-hydrogen) atoms. The van der Waals surface area contributed by atoms with Crippen LogP contribution in [0.2, 0.25) is 0 Å². The molecule has 1 unspecified atom stereocenters. The van der Waals surface area contributed by atoms with Crippen LogP contribution in [0, 0.1) is 5.92 Å². The first kappa shape index (κ1) is 18.9. The van der Waals surface area contributed by atoms with Gasteiger partial charge >= 0.3 is 0 Å². The Labute approximate surface area is 154 Å². The van der Waals surface area contributed by atoms with Crippen LogP contribution in [0.25, 0.3) is 0 Å². The lowest BCUT2D eigenvalue weighted by Gasteiger charge is -2.49. The maximum Gasteiger partial charge on any atom is 0.235 e. The summed E-state index contributed by atoms with van der Waals surface area (Å²) in [5.41, 5.74) is -1.93. The molecule has 2 saturated heterocycles. The molecule has 0 aliphatic carbocycles. The van der Waals surface area contributed by atoms with Crippen molar-refractivity contribution < 1.29 is 33.0 Å². The van der Waals surface area contributed by atoms with Crippen molar-refractivity contribution in [3.8, 4) is 0 Å². The number of thioether (sulfide) groups is 1. The van der Waals surface area contributed by atoms with E-state index in [-0.39, 0.29) is 30.2 Å². The Balaban J connectivity index is 1.79. The van der Waals surface area contributed by atoms with E-state index >= 15 is 0 Å². The molecule has 0 bridgehead atoms. The fourth-order valence-corrected chi connectivity index (χ4v) is 6.48. The molecule has 0 aromatic heterocycles. The number of carbonyl (C=O) groups excluding carboxylic acids is 3. The molecule has 3 heterocycles. The second-order valence-corrected chi connectivity index (χ2v) is 9.77. The maximum atomic E-state index is 12.5. The highest BCUT2D eigenvalue weighted by molar-refractivity contribution is 8.05. The summed E-state index contributed by atoms with van der Waals surface area (Å²) in [7, 11) is -3.42. The lowest BCUT2D eigenvalue weighted by Crippen LogP contribution is -2.67. The third-order valence-electron chi connectivity index (χ3n) is 4.77. The van der Waals surface area contributed by atoms with E-state index in [0.29, 0.717) is 4.91 Å². The number of fused-ring (bicyclic) bond motifs is 1. The molecule has 2 amide bonds. The van der Waals surface area contributed by atoms with Crippen LogP contribution < -0.4 is 10.4 Å². The van der Waals surface area contributed by atoms with Gasteiger partial charge < -0.3 is 25.2 Å². The van der Waals surface area contributed by atoms with Crippen molar-refractivity contribution in [3.05, 3.63) is 22.2 Å². The molecule has 3 aliphatic heterocycles. The van der Waals surface area contributed by atoms with Gasteiger partial charge in [0.25, 0.3) is 0 Å². The van der Waals surface area contributed by atoms with E-state index in [0.717, 1.165) is 16.7 Å². The molecule has 0 aromatic carbocycles. The lowest BCUT2D eigenvalue weighted by atomic mass is 9.74. The molecule has 11 heteroatoms. The predicted octanol–water partition coefficient (Wildman–Crippen LogP) is -1.93. The van der Waals surface area contributed by atoms with Gasteiger partial charge in [-0.2, -0.15) is 0 Å². The monoisotopic (exact) mass is 401 g/mol. The number of hydrogen-bond donors (Lipinski definition) is 2. The summed E-state index contributed by atoms with van der Waals surface area (Å²) in [6.07, 6.45) is 1.48. The first-order valence-electron chi connectivity index (χ1n) is 7.85. The molecule has 142 valence electrons. The minimum absolute atomic E-state index is 0.0400. The highest BCUT2D eigenvalue weighted by Gasteiger charge is 2.63. The molecule has 2 N–H and O–H groups in total. The molecule has 3 atom stereocenters. The number of sulfone groups is 1. The van der Waals surface area contributed by atoms with Crippen LogP contribution in [0.5, 0.6) is 0 Å². The zero-order valence-corrected chi connectivity index (χ0v) is 15.4. The number of hydrogen-bond acceptors (Lipinski definition) is 8. The van der Waals surface area contributed by atoms with Crippen LogP contribution in [0.3, 0.4) is 0 Å². The van der Waals surface area contributed by atoms with Crippen molar-refractivity contribution in [1.82, 2.24) is 10.2 Å². The van der Waals surface area contributed by atoms with Gasteiger partial charge in [-0.05, 0) is 11.8 Å². The van der Waals surface area contributed by atoms with Crippen LogP contribution in [-0.2, 0) is 24.2 Å². The zero-order chi connectivity index (χ0) is 19.3. The smallest absolute Gasteiger partial charge is 0.235 e. The van der Waals surface area contributed by atoms with Crippen molar-refractivity contribution in [2.24, 2.45) is 5.92 Å². The zero-order valence-electron chi connectivity index (χ0n) is 13.8. The molecule has 3 rings (SSSR count). The average Bonchev–Trinajstić information content (AvgIpc) is 2.98. The highest BCUT2D eigenvalue weighted by Crippen LogP contribution is 2.51. The van der Waals surface area contributed by atoms with Crippen LogP contribution in [-0.4, -0.2) is 59.4 Å². The molecule has 3 aliphatic rings. The number of β-lactam (4-membered cyclic amide) rings is 1. The van der Waals surface area contributed by atoms with E-state index in [2.05, 4.69) is 5.32 Å². The summed E-state index contributed by atoms with van der Waals surface area (Å²) in [5.74, 6) is -4.04. The Morgan fingerprint density at radius 2 is 2.15 bits per heavy atom. The molecule has 0 spiro atoms. The molecule has 0 aromatic rings. The number of carboxylic acid groups (broad SMARTS) is 1. The number of amides is 2. The molecular formula is C15H17N2O7S2-. The summed E-state index contributed by atoms with van der Waals surface area (Å²) in [5, 5.41) is 26.0. The maximum absolute atomic E-state index is 12.5. The van der Waals surface area contributed by atoms with Crippen LogP contribution >= 0.6 is 11.8 Å². The van der Waals surface area contributed by atoms with E-state index in [1.165, 1.54) is 18.5 Å². The second-order valence-electron chi connectivity index (χ2n) is 6.58. The Morgan fingerprint density at radius 1 is 1.46 bits per heavy atom. The van der Waals surface area contributed by atoms with Crippen LogP contribution in [0.4, 0.5) is 0 Å². The van der Waals surface area contributed by atoms with E-state index in [9.17, 15) is 33.0 Å². The SMILES string of the molecule is CC(=O)N/C=C/SC1=C(C(=O)[O-])N2C(=O)[C@@H](C3(O)CCS(=O)(=O)C3)[C@H]2C1. The van der Waals surface area contributed by atoms with Gasteiger partial charge in [0.05, 0.1) is 40.7 Å². The molecule has 9 nitrogen and oxygen atoms in total. The Bertz CT molecular complexity index is 848. The summed E-state index contributed by atoms with van der Waals surface area (Å²) >= 11 is 1.03. The van der Waals surface area contributed by atoms with E-state index < -0.39 is 45.0 Å². The third kappa shape index (κ3) is 3.14. The Morgan fingerprint density at radius 3 is 2.69 bits per heavy atom. The van der Waals surface area contributed by atoms with Crippen molar-refractivity contribution in [3.63, 3.8) is 0 Å². The first-order valence-corrected chi connectivity index (χ1v) is 10.5. The Hall–Kier alpha value is -1.85. The van der Waals surface area contributed by atoms with Gasteiger partial charge in [-0.3, -0.25) is 9.59 Å². The van der Waals surface area contributed by atoms with Gasteiger partial charge in [0, 0.05) is 24.4 Å². The predicted molar refractivity (Wildman–Crippen MR) is 89.5 cm³/mol. The van der Waals surface area contributed by atoms with Gasteiger partial charge in [-0.1, -0.05) is 11.8 Å². The molecular weight excluding hydrogens is 384 g/mol. The topological polar surface area (TPSA) is 144 Å². The molecule has 2 fully saturated rings. The number of aliphatic carboxylic acids is 1. The summed E-state index contributed by atoms with van der Waals surface area (Å²) in [6, 6.07) is -0.606. The quantitative estimate of drug-likeness (QED) is 0.507. The van der Waals surface area contributed by atoms with Crippen molar-refractivity contribution in [1.29, 1.82) is 0 Å². The minimum atomic E-state index is -3.42. The minimum Gasteiger partial charge on any atom is -0.543 e. The van der Waals surface area contributed by atoms with Crippen molar-refractivity contribution in [2.45, 2.75) is 31.4 Å². The number of nitrogens with zero attached hydrogens (tertiary/aromatic N) is 1. The number of carboxylic acids is 1. The number of aliphatic hydroxyl groups is 1. The number of carbonyl (C=O) groups is 3. The Kier molecular flexibility index (Phi) is 4.65. The fraction of sp³-hybridized carbons (Fsp3) is 0.533. The van der Waals surface area contributed by atoms with Gasteiger partial charge in [0.2, 0.25) is 11.8 Å². The summed E-state index contributed by atoms with van der Waals surface area (Å²) in [6.45, 7) is 1.32. The van der Waals surface area contributed by atoms with Gasteiger partial charge in [0.15, 0.2) is 9.84 Å². The lowest BCUT2D eigenvalue weighted by molar-refractivity contribution is -0.301.